The van der Waals surface area contributed by atoms with E-state index >= 15 is 0 Å². The van der Waals surface area contributed by atoms with Crippen LogP contribution in [0.1, 0.15) is 11.5 Å². The van der Waals surface area contributed by atoms with Crippen LogP contribution in [0.15, 0.2) is 23.2 Å². The molecule has 1 unspecified atom stereocenters. The van der Waals surface area contributed by atoms with Crippen molar-refractivity contribution in [2.45, 2.75) is 5.92 Å². The molecule has 92 valence electrons. The molecule has 1 aromatic carbocycles. The highest BCUT2D eigenvalue weighted by Gasteiger charge is 2.20. The summed E-state index contributed by atoms with van der Waals surface area (Å²) in [6.45, 7) is 1.78. The standard InChI is InChI=1S/C13H18N2O2/c1-15-8-10(7-14-9-15)12-5-4-11(16-2)6-13(12)17-3/h4-6,9-10H,7-8H2,1-3H3. The maximum atomic E-state index is 5.43. The lowest BCUT2D eigenvalue weighted by atomic mass is 9.96. The van der Waals surface area contributed by atoms with E-state index in [1.54, 1.807) is 14.2 Å². The number of ether oxygens (including phenoxy) is 2. The summed E-state index contributed by atoms with van der Waals surface area (Å²) in [5.74, 6) is 2.07. The maximum Gasteiger partial charge on any atom is 0.126 e. The molecule has 17 heavy (non-hydrogen) atoms. The average Bonchev–Trinajstić information content (AvgIpc) is 2.38. The summed E-state index contributed by atoms with van der Waals surface area (Å²) >= 11 is 0. The van der Waals surface area contributed by atoms with Crippen LogP contribution < -0.4 is 9.47 Å². The van der Waals surface area contributed by atoms with E-state index in [2.05, 4.69) is 16.0 Å². The zero-order valence-corrected chi connectivity index (χ0v) is 10.5. The number of rotatable bonds is 3. The first-order valence-electron chi connectivity index (χ1n) is 5.66. The minimum absolute atomic E-state index is 0.380. The minimum Gasteiger partial charge on any atom is -0.497 e. The zero-order valence-electron chi connectivity index (χ0n) is 10.5. The van der Waals surface area contributed by atoms with Gasteiger partial charge in [0.15, 0.2) is 0 Å². The summed E-state index contributed by atoms with van der Waals surface area (Å²) < 4.78 is 10.6. The van der Waals surface area contributed by atoms with Crippen molar-refractivity contribution in [2.75, 3.05) is 34.4 Å². The molecule has 0 bridgehead atoms. The Balaban J connectivity index is 2.28. The SMILES string of the molecule is COc1ccc(C2CN=CN(C)C2)c(OC)c1. The largest absolute Gasteiger partial charge is 0.497 e. The molecular weight excluding hydrogens is 216 g/mol. The van der Waals surface area contributed by atoms with Gasteiger partial charge in [-0.05, 0) is 6.07 Å². The fourth-order valence-electron chi connectivity index (χ4n) is 2.12. The van der Waals surface area contributed by atoms with Crippen LogP contribution in [-0.2, 0) is 0 Å². The van der Waals surface area contributed by atoms with Crippen LogP contribution in [0.4, 0.5) is 0 Å². The van der Waals surface area contributed by atoms with Crippen LogP contribution in [-0.4, -0.2) is 45.6 Å². The molecule has 2 rings (SSSR count). The van der Waals surface area contributed by atoms with Crippen molar-refractivity contribution >= 4 is 6.34 Å². The molecule has 4 nitrogen and oxygen atoms in total. The molecule has 0 radical (unpaired) electrons. The molecule has 1 aromatic rings. The van der Waals surface area contributed by atoms with E-state index < -0.39 is 0 Å². The van der Waals surface area contributed by atoms with Crippen LogP contribution in [0, 0.1) is 0 Å². The highest BCUT2D eigenvalue weighted by Crippen LogP contribution is 2.31. The predicted molar refractivity (Wildman–Crippen MR) is 68.3 cm³/mol. The van der Waals surface area contributed by atoms with Crippen molar-refractivity contribution in [3.8, 4) is 11.5 Å². The molecule has 0 amide bonds. The summed E-state index contributed by atoms with van der Waals surface area (Å²) in [5, 5.41) is 0. The molecule has 1 atom stereocenters. The second-order valence-corrected chi connectivity index (χ2v) is 4.22. The Labute approximate surface area is 102 Å². The lowest BCUT2D eigenvalue weighted by Crippen LogP contribution is -2.29. The second-order valence-electron chi connectivity index (χ2n) is 4.22. The monoisotopic (exact) mass is 234 g/mol. The summed E-state index contributed by atoms with van der Waals surface area (Å²) in [7, 11) is 5.38. The third-order valence-electron chi connectivity index (χ3n) is 2.99. The Bertz CT molecular complexity index is 418. The van der Waals surface area contributed by atoms with E-state index in [-0.39, 0.29) is 0 Å². The van der Waals surface area contributed by atoms with Crippen molar-refractivity contribution in [3.63, 3.8) is 0 Å². The quantitative estimate of drug-likeness (QED) is 0.799. The van der Waals surface area contributed by atoms with Crippen molar-refractivity contribution in [3.05, 3.63) is 23.8 Å². The first kappa shape index (κ1) is 11.8. The molecule has 1 heterocycles. The topological polar surface area (TPSA) is 34.1 Å². The highest BCUT2D eigenvalue weighted by molar-refractivity contribution is 5.56. The number of nitrogens with zero attached hydrogens (tertiary/aromatic N) is 2. The van der Waals surface area contributed by atoms with Gasteiger partial charge < -0.3 is 14.4 Å². The molecule has 1 aliphatic rings. The molecule has 0 aliphatic carbocycles. The summed E-state index contributed by atoms with van der Waals surface area (Å²) in [4.78, 5) is 6.44. The van der Waals surface area contributed by atoms with Gasteiger partial charge in [-0.2, -0.15) is 0 Å². The number of benzene rings is 1. The van der Waals surface area contributed by atoms with Crippen molar-refractivity contribution in [2.24, 2.45) is 4.99 Å². The molecule has 1 aliphatic heterocycles. The Kier molecular flexibility index (Phi) is 3.52. The van der Waals surface area contributed by atoms with E-state index in [4.69, 9.17) is 9.47 Å². The zero-order chi connectivity index (χ0) is 12.3. The van der Waals surface area contributed by atoms with Crippen LogP contribution in [0.5, 0.6) is 11.5 Å². The highest BCUT2D eigenvalue weighted by atomic mass is 16.5. The average molecular weight is 234 g/mol. The summed E-state index contributed by atoms with van der Waals surface area (Å²) in [5.41, 5.74) is 1.19. The van der Waals surface area contributed by atoms with Gasteiger partial charge in [-0.15, -0.1) is 0 Å². The van der Waals surface area contributed by atoms with E-state index in [0.29, 0.717) is 5.92 Å². The fourth-order valence-corrected chi connectivity index (χ4v) is 2.12. The van der Waals surface area contributed by atoms with Gasteiger partial charge in [0, 0.05) is 37.7 Å². The Morgan fingerprint density at radius 1 is 1.29 bits per heavy atom. The molecular formula is C13H18N2O2. The van der Waals surface area contributed by atoms with E-state index in [0.717, 1.165) is 24.6 Å². The van der Waals surface area contributed by atoms with Gasteiger partial charge in [0.05, 0.1) is 20.6 Å². The number of methoxy groups -OCH3 is 2. The third-order valence-corrected chi connectivity index (χ3v) is 2.99. The van der Waals surface area contributed by atoms with Gasteiger partial charge in [-0.3, -0.25) is 4.99 Å². The first-order valence-corrected chi connectivity index (χ1v) is 5.66. The van der Waals surface area contributed by atoms with Gasteiger partial charge in [-0.1, -0.05) is 6.07 Å². The predicted octanol–water partition coefficient (Wildman–Crippen LogP) is 1.76. The fraction of sp³-hybridized carbons (Fsp3) is 0.462. The number of likely N-dealkylation sites (N-methyl/N-ethyl adjacent to an activating group) is 1. The van der Waals surface area contributed by atoms with Crippen LogP contribution in [0.25, 0.3) is 0 Å². The van der Waals surface area contributed by atoms with Gasteiger partial charge in [0.1, 0.15) is 11.5 Å². The minimum atomic E-state index is 0.380. The van der Waals surface area contributed by atoms with Gasteiger partial charge in [-0.25, -0.2) is 0 Å². The summed E-state index contributed by atoms with van der Waals surface area (Å²) in [6.07, 6.45) is 1.88. The van der Waals surface area contributed by atoms with Crippen LogP contribution in [0.2, 0.25) is 0 Å². The molecule has 0 aromatic heterocycles. The van der Waals surface area contributed by atoms with E-state index in [1.807, 2.05) is 25.5 Å². The molecule has 4 heteroatoms. The van der Waals surface area contributed by atoms with Gasteiger partial charge in [0.2, 0.25) is 0 Å². The Morgan fingerprint density at radius 2 is 2.12 bits per heavy atom. The van der Waals surface area contributed by atoms with E-state index in [1.165, 1.54) is 5.56 Å². The first-order chi connectivity index (χ1) is 8.24. The molecule has 0 fully saturated rings. The van der Waals surface area contributed by atoms with E-state index in [9.17, 15) is 0 Å². The molecule has 0 spiro atoms. The molecule has 0 saturated carbocycles. The van der Waals surface area contributed by atoms with Gasteiger partial charge in [0.25, 0.3) is 0 Å². The van der Waals surface area contributed by atoms with Crippen molar-refractivity contribution < 1.29 is 9.47 Å². The molecule has 0 N–H and O–H groups in total. The normalized spacial score (nSPS) is 19.2. The second kappa shape index (κ2) is 5.08. The van der Waals surface area contributed by atoms with Crippen molar-refractivity contribution in [1.29, 1.82) is 0 Å². The third kappa shape index (κ3) is 2.52. The summed E-state index contributed by atoms with van der Waals surface area (Å²) in [6, 6.07) is 5.96. The Morgan fingerprint density at radius 3 is 2.76 bits per heavy atom. The number of hydrogen-bond donors (Lipinski definition) is 0. The Hall–Kier alpha value is -1.71. The van der Waals surface area contributed by atoms with Crippen LogP contribution in [0.3, 0.4) is 0 Å². The smallest absolute Gasteiger partial charge is 0.126 e. The van der Waals surface area contributed by atoms with Crippen LogP contribution >= 0.6 is 0 Å². The lowest BCUT2D eigenvalue weighted by Gasteiger charge is -2.26. The maximum absolute atomic E-state index is 5.43. The lowest BCUT2D eigenvalue weighted by molar-refractivity contribution is 0.379. The van der Waals surface area contributed by atoms with Crippen molar-refractivity contribution in [1.82, 2.24) is 4.90 Å². The number of aliphatic imine (C=N–C) groups is 1. The van der Waals surface area contributed by atoms with Gasteiger partial charge >= 0.3 is 0 Å². The molecule has 0 saturated heterocycles. The number of hydrogen-bond acceptors (Lipinski definition) is 4.